The highest BCUT2D eigenvalue weighted by Crippen LogP contribution is 2.06. The van der Waals surface area contributed by atoms with Crippen LogP contribution in [0.2, 0.25) is 0 Å². The fourth-order valence-electron chi connectivity index (χ4n) is 1.32. The summed E-state index contributed by atoms with van der Waals surface area (Å²) in [5, 5.41) is 14.8. The van der Waals surface area contributed by atoms with Gasteiger partial charge in [-0.3, -0.25) is 0 Å². The van der Waals surface area contributed by atoms with Crippen molar-refractivity contribution in [3.05, 3.63) is 71.8 Å². The van der Waals surface area contributed by atoms with Crippen molar-refractivity contribution in [2.75, 3.05) is 0 Å². The number of aliphatic carboxylic acids is 2. The minimum atomic E-state index is -1.82. The van der Waals surface area contributed by atoms with Crippen LogP contribution in [0.4, 0.5) is 0 Å². The Bertz CT molecular complexity index is 520. The molecule has 0 bridgehead atoms. The van der Waals surface area contributed by atoms with Crippen LogP contribution in [0.25, 0.3) is 12.2 Å². The van der Waals surface area contributed by atoms with Crippen molar-refractivity contribution in [2.45, 2.75) is 0 Å². The topological polar surface area (TPSA) is 74.6 Å². The van der Waals surface area contributed by atoms with Crippen LogP contribution in [0.5, 0.6) is 0 Å². The number of benzene rings is 2. The fourth-order valence-corrected chi connectivity index (χ4v) is 1.32. The van der Waals surface area contributed by atoms with Crippen LogP contribution in [-0.2, 0) is 9.59 Å². The largest absolute Gasteiger partial charge is 0.473 e. The lowest BCUT2D eigenvalue weighted by Gasteiger charge is -1.92. The molecule has 102 valence electrons. The van der Waals surface area contributed by atoms with Crippen molar-refractivity contribution >= 4 is 24.1 Å². The van der Waals surface area contributed by atoms with Crippen LogP contribution in [0, 0.1) is 0 Å². The van der Waals surface area contributed by atoms with E-state index in [9.17, 15) is 0 Å². The van der Waals surface area contributed by atoms with Crippen molar-refractivity contribution in [1.82, 2.24) is 0 Å². The third-order valence-corrected chi connectivity index (χ3v) is 2.25. The molecule has 0 radical (unpaired) electrons. The average molecular weight is 270 g/mol. The first-order chi connectivity index (χ1) is 9.59. The molecule has 0 atom stereocenters. The van der Waals surface area contributed by atoms with E-state index in [1.54, 1.807) is 0 Å². The van der Waals surface area contributed by atoms with Gasteiger partial charge in [0.25, 0.3) is 0 Å². The minimum absolute atomic E-state index is 1.23. The van der Waals surface area contributed by atoms with Gasteiger partial charge in [-0.2, -0.15) is 0 Å². The van der Waals surface area contributed by atoms with Crippen molar-refractivity contribution < 1.29 is 19.8 Å². The second-order valence-corrected chi connectivity index (χ2v) is 3.77. The highest BCUT2D eigenvalue weighted by molar-refractivity contribution is 6.27. The predicted molar refractivity (Wildman–Crippen MR) is 77.1 cm³/mol. The Labute approximate surface area is 116 Å². The number of hydrogen-bond acceptors (Lipinski definition) is 2. The Kier molecular flexibility index (Phi) is 6.27. The van der Waals surface area contributed by atoms with Gasteiger partial charge in [0.1, 0.15) is 0 Å². The lowest BCUT2D eigenvalue weighted by Crippen LogP contribution is -2.09. The number of carboxylic acids is 2. The van der Waals surface area contributed by atoms with E-state index in [-0.39, 0.29) is 0 Å². The van der Waals surface area contributed by atoms with Gasteiger partial charge in [-0.25, -0.2) is 9.59 Å². The van der Waals surface area contributed by atoms with Crippen LogP contribution in [0.3, 0.4) is 0 Å². The smallest absolute Gasteiger partial charge is 0.414 e. The summed E-state index contributed by atoms with van der Waals surface area (Å²) in [6, 6.07) is 20.6. The minimum Gasteiger partial charge on any atom is -0.473 e. The third-order valence-electron chi connectivity index (χ3n) is 2.25. The van der Waals surface area contributed by atoms with Crippen LogP contribution in [0.15, 0.2) is 60.7 Å². The molecule has 0 spiro atoms. The molecule has 2 N–H and O–H groups in total. The molecule has 4 nitrogen and oxygen atoms in total. The lowest BCUT2D eigenvalue weighted by molar-refractivity contribution is -0.159. The molecule has 0 aliphatic rings. The Morgan fingerprint density at radius 3 is 1.20 bits per heavy atom. The van der Waals surface area contributed by atoms with E-state index in [4.69, 9.17) is 19.8 Å². The van der Waals surface area contributed by atoms with Crippen LogP contribution < -0.4 is 0 Å². The summed E-state index contributed by atoms with van der Waals surface area (Å²) in [7, 11) is 0. The summed E-state index contributed by atoms with van der Waals surface area (Å²) >= 11 is 0. The zero-order chi connectivity index (χ0) is 14.8. The third kappa shape index (κ3) is 6.16. The number of rotatable bonds is 2. The molecule has 4 heteroatoms. The number of hydrogen-bond donors (Lipinski definition) is 2. The van der Waals surface area contributed by atoms with Gasteiger partial charge in [0.15, 0.2) is 0 Å². The Balaban J connectivity index is 0.000000286. The van der Waals surface area contributed by atoms with Gasteiger partial charge < -0.3 is 10.2 Å². The molecule has 0 amide bonds. The SMILES string of the molecule is C(=Cc1ccccc1)c1ccccc1.O=C(O)C(=O)O. The van der Waals surface area contributed by atoms with E-state index >= 15 is 0 Å². The monoisotopic (exact) mass is 270 g/mol. The molecule has 0 saturated carbocycles. The molecule has 20 heavy (non-hydrogen) atoms. The second kappa shape index (κ2) is 8.26. The van der Waals surface area contributed by atoms with Gasteiger partial charge in [-0.1, -0.05) is 72.8 Å². The average Bonchev–Trinajstić information content (AvgIpc) is 2.48. The molecule has 0 fully saturated rings. The highest BCUT2D eigenvalue weighted by Gasteiger charge is 2.04. The molecule has 0 aromatic heterocycles. The van der Waals surface area contributed by atoms with E-state index in [2.05, 4.69) is 36.4 Å². The molecule has 2 aromatic rings. The van der Waals surface area contributed by atoms with E-state index in [0.717, 1.165) is 0 Å². The molecule has 0 unspecified atom stereocenters. The molecule has 2 aromatic carbocycles. The maximum atomic E-state index is 9.10. The van der Waals surface area contributed by atoms with Crippen LogP contribution in [-0.4, -0.2) is 22.2 Å². The van der Waals surface area contributed by atoms with E-state index < -0.39 is 11.9 Å². The van der Waals surface area contributed by atoms with E-state index in [1.165, 1.54) is 11.1 Å². The maximum absolute atomic E-state index is 9.10. The first kappa shape index (κ1) is 15.2. The summed E-state index contributed by atoms with van der Waals surface area (Å²) in [5.74, 6) is -3.65. The van der Waals surface area contributed by atoms with Crippen molar-refractivity contribution in [3.63, 3.8) is 0 Å². The molecule has 0 heterocycles. The van der Waals surface area contributed by atoms with Crippen LogP contribution in [0.1, 0.15) is 11.1 Å². The van der Waals surface area contributed by atoms with Gasteiger partial charge in [0, 0.05) is 0 Å². The van der Waals surface area contributed by atoms with Gasteiger partial charge in [0.05, 0.1) is 0 Å². The Morgan fingerprint density at radius 1 is 0.650 bits per heavy atom. The zero-order valence-electron chi connectivity index (χ0n) is 10.6. The zero-order valence-corrected chi connectivity index (χ0v) is 10.6. The van der Waals surface area contributed by atoms with E-state index in [1.807, 2.05) is 36.4 Å². The second-order valence-electron chi connectivity index (χ2n) is 3.77. The predicted octanol–water partition coefficient (Wildman–Crippen LogP) is 3.01. The summed E-state index contributed by atoms with van der Waals surface area (Å²) in [5.41, 5.74) is 2.47. The fraction of sp³-hybridized carbons (Fsp3) is 0. The molecule has 0 saturated heterocycles. The lowest BCUT2D eigenvalue weighted by atomic mass is 10.1. The maximum Gasteiger partial charge on any atom is 0.414 e. The normalized spacial score (nSPS) is 9.60. The first-order valence-corrected chi connectivity index (χ1v) is 5.84. The van der Waals surface area contributed by atoms with E-state index in [0.29, 0.717) is 0 Å². The van der Waals surface area contributed by atoms with Crippen molar-refractivity contribution in [2.24, 2.45) is 0 Å². The van der Waals surface area contributed by atoms with Crippen molar-refractivity contribution in [1.29, 1.82) is 0 Å². The molecular weight excluding hydrogens is 256 g/mol. The standard InChI is InChI=1S/C14H12.C2H2O4/c1-3-7-13(8-4-1)11-12-14-9-5-2-6-10-14;3-1(4)2(5)6/h1-12H;(H,3,4)(H,5,6). The number of carboxylic acid groups (broad SMARTS) is 2. The van der Waals surface area contributed by atoms with Gasteiger partial charge >= 0.3 is 11.9 Å². The highest BCUT2D eigenvalue weighted by atomic mass is 16.4. The Hall–Kier alpha value is -2.88. The quantitative estimate of drug-likeness (QED) is 0.649. The molecule has 2 rings (SSSR count). The summed E-state index contributed by atoms with van der Waals surface area (Å²) < 4.78 is 0. The number of carbonyl (C=O) groups is 2. The first-order valence-electron chi connectivity index (χ1n) is 5.84. The molecular formula is C16H14O4. The molecule has 0 aliphatic carbocycles. The van der Waals surface area contributed by atoms with Gasteiger partial charge in [-0.05, 0) is 11.1 Å². The summed E-state index contributed by atoms with van der Waals surface area (Å²) in [4.78, 5) is 18.2. The van der Waals surface area contributed by atoms with Gasteiger partial charge in [-0.15, -0.1) is 0 Å². The molecule has 0 aliphatic heterocycles. The van der Waals surface area contributed by atoms with Crippen molar-refractivity contribution in [3.8, 4) is 0 Å². The van der Waals surface area contributed by atoms with Crippen LogP contribution >= 0.6 is 0 Å². The summed E-state index contributed by atoms with van der Waals surface area (Å²) in [6.07, 6.45) is 4.24. The summed E-state index contributed by atoms with van der Waals surface area (Å²) in [6.45, 7) is 0. The Morgan fingerprint density at radius 2 is 0.950 bits per heavy atom. The van der Waals surface area contributed by atoms with Gasteiger partial charge in [0.2, 0.25) is 0 Å².